The summed E-state index contributed by atoms with van der Waals surface area (Å²) in [5, 5.41) is 0.478. The predicted octanol–water partition coefficient (Wildman–Crippen LogP) is 1.14. The molecule has 1 aromatic heterocycles. The predicted molar refractivity (Wildman–Crippen MR) is 87.2 cm³/mol. The van der Waals surface area contributed by atoms with Crippen molar-refractivity contribution in [2.24, 2.45) is 0 Å². The summed E-state index contributed by atoms with van der Waals surface area (Å²) >= 11 is 6.00. The second kappa shape index (κ2) is 6.29. The highest BCUT2D eigenvalue weighted by atomic mass is 35.5. The SMILES string of the molecule is Cc1nc(Cl)cc(N2CCC(N3CCS(=O)(=O)CC3)CC2)n1. The summed E-state index contributed by atoms with van der Waals surface area (Å²) < 4.78 is 23.0. The molecule has 22 heavy (non-hydrogen) atoms. The molecule has 0 aliphatic carbocycles. The lowest BCUT2D eigenvalue weighted by atomic mass is 10.0. The molecule has 0 radical (unpaired) electrons. The van der Waals surface area contributed by atoms with Crippen molar-refractivity contribution in [2.45, 2.75) is 25.8 Å². The van der Waals surface area contributed by atoms with E-state index in [-0.39, 0.29) is 0 Å². The standard InChI is InChI=1S/C14H21ClN4O2S/c1-11-16-13(15)10-14(17-11)19-4-2-12(3-5-19)18-6-8-22(20,21)9-7-18/h10,12H,2-9H2,1H3. The zero-order valence-corrected chi connectivity index (χ0v) is 14.3. The molecule has 0 amide bonds. The Balaban J connectivity index is 1.58. The van der Waals surface area contributed by atoms with E-state index < -0.39 is 9.84 Å². The summed E-state index contributed by atoms with van der Waals surface area (Å²) in [7, 11) is -2.80. The van der Waals surface area contributed by atoms with Crippen LogP contribution in [0.3, 0.4) is 0 Å². The molecule has 1 aromatic rings. The van der Waals surface area contributed by atoms with Gasteiger partial charge in [0.1, 0.15) is 16.8 Å². The second-order valence-corrected chi connectivity index (χ2v) is 8.69. The summed E-state index contributed by atoms with van der Waals surface area (Å²) in [4.78, 5) is 13.1. The van der Waals surface area contributed by atoms with Crippen LogP contribution >= 0.6 is 11.6 Å². The van der Waals surface area contributed by atoms with E-state index >= 15 is 0 Å². The van der Waals surface area contributed by atoms with Gasteiger partial charge < -0.3 is 4.90 Å². The van der Waals surface area contributed by atoms with Gasteiger partial charge in [-0.25, -0.2) is 18.4 Å². The van der Waals surface area contributed by atoms with Crippen molar-refractivity contribution in [3.8, 4) is 0 Å². The van der Waals surface area contributed by atoms with E-state index in [4.69, 9.17) is 11.6 Å². The highest BCUT2D eigenvalue weighted by Crippen LogP contribution is 2.23. The molecule has 0 bridgehead atoms. The fourth-order valence-corrected chi connectivity index (χ4v) is 4.68. The Morgan fingerprint density at radius 3 is 2.36 bits per heavy atom. The van der Waals surface area contributed by atoms with E-state index in [0.29, 0.717) is 41.6 Å². The topological polar surface area (TPSA) is 66.4 Å². The van der Waals surface area contributed by atoms with Gasteiger partial charge in [-0.15, -0.1) is 0 Å². The van der Waals surface area contributed by atoms with Gasteiger partial charge in [0, 0.05) is 38.3 Å². The average molecular weight is 345 g/mol. The molecule has 0 N–H and O–H groups in total. The molecule has 0 atom stereocenters. The number of aromatic nitrogens is 2. The van der Waals surface area contributed by atoms with E-state index in [1.807, 2.05) is 13.0 Å². The van der Waals surface area contributed by atoms with Gasteiger partial charge in [0.25, 0.3) is 0 Å². The molecular weight excluding hydrogens is 324 g/mol. The van der Waals surface area contributed by atoms with Crippen LogP contribution in [0.15, 0.2) is 6.07 Å². The molecule has 3 rings (SSSR count). The molecule has 8 heteroatoms. The smallest absolute Gasteiger partial charge is 0.152 e. The monoisotopic (exact) mass is 344 g/mol. The van der Waals surface area contributed by atoms with Gasteiger partial charge in [0.05, 0.1) is 11.5 Å². The van der Waals surface area contributed by atoms with Crippen LogP contribution < -0.4 is 4.90 Å². The van der Waals surface area contributed by atoms with Crippen LogP contribution in [0.5, 0.6) is 0 Å². The Bertz CT molecular complexity index is 610. The zero-order chi connectivity index (χ0) is 15.7. The van der Waals surface area contributed by atoms with Crippen molar-refractivity contribution < 1.29 is 8.42 Å². The lowest BCUT2D eigenvalue weighted by molar-refractivity contribution is 0.182. The Morgan fingerprint density at radius 1 is 1.14 bits per heavy atom. The number of piperidine rings is 1. The summed E-state index contributed by atoms with van der Waals surface area (Å²) in [6, 6.07) is 2.28. The van der Waals surface area contributed by atoms with Crippen molar-refractivity contribution >= 4 is 27.3 Å². The molecule has 0 spiro atoms. The number of halogens is 1. The van der Waals surface area contributed by atoms with Crippen LogP contribution in [0.2, 0.25) is 5.15 Å². The molecule has 2 aliphatic heterocycles. The van der Waals surface area contributed by atoms with Crippen molar-refractivity contribution in [1.82, 2.24) is 14.9 Å². The lowest BCUT2D eigenvalue weighted by Crippen LogP contribution is -2.50. The summed E-state index contributed by atoms with van der Waals surface area (Å²) in [5.74, 6) is 2.17. The number of hydrogen-bond donors (Lipinski definition) is 0. The first-order chi connectivity index (χ1) is 10.4. The Morgan fingerprint density at radius 2 is 1.77 bits per heavy atom. The van der Waals surface area contributed by atoms with Crippen molar-refractivity contribution in [1.29, 1.82) is 0 Å². The van der Waals surface area contributed by atoms with Crippen LogP contribution in [0.4, 0.5) is 5.82 Å². The minimum Gasteiger partial charge on any atom is -0.356 e. The highest BCUT2D eigenvalue weighted by Gasteiger charge is 2.30. The van der Waals surface area contributed by atoms with Crippen LogP contribution in [-0.4, -0.2) is 67.0 Å². The maximum atomic E-state index is 11.5. The Hall–Kier alpha value is -0.920. The Kier molecular flexibility index (Phi) is 4.56. The fraction of sp³-hybridized carbons (Fsp3) is 0.714. The molecule has 0 saturated carbocycles. The number of nitrogens with zero attached hydrogens (tertiary/aromatic N) is 4. The number of hydrogen-bond acceptors (Lipinski definition) is 6. The summed E-state index contributed by atoms with van der Waals surface area (Å²) in [5.41, 5.74) is 0. The van der Waals surface area contributed by atoms with E-state index in [2.05, 4.69) is 19.8 Å². The van der Waals surface area contributed by atoms with Gasteiger partial charge >= 0.3 is 0 Å². The molecule has 3 heterocycles. The molecule has 122 valence electrons. The number of sulfone groups is 1. The third-order valence-corrected chi connectivity index (χ3v) is 6.28. The van der Waals surface area contributed by atoms with Crippen LogP contribution in [0.25, 0.3) is 0 Å². The molecule has 2 fully saturated rings. The van der Waals surface area contributed by atoms with E-state index in [0.717, 1.165) is 31.7 Å². The molecule has 2 aliphatic rings. The normalized spacial score (nSPS) is 23.6. The summed E-state index contributed by atoms with van der Waals surface area (Å²) in [6.45, 7) is 5.02. The van der Waals surface area contributed by atoms with E-state index in [1.165, 1.54) is 0 Å². The third-order valence-electron chi connectivity index (χ3n) is 4.48. The maximum Gasteiger partial charge on any atom is 0.152 e. The first kappa shape index (κ1) is 16.0. The van der Waals surface area contributed by atoms with Crippen LogP contribution in [-0.2, 0) is 9.84 Å². The van der Waals surface area contributed by atoms with Gasteiger partial charge in [-0.05, 0) is 19.8 Å². The second-order valence-electron chi connectivity index (χ2n) is 6.00. The molecule has 6 nitrogen and oxygen atoms in total. The average Bonchev–Trinajstić information content (AvgIpc) is 2.46. The molecule has 0 unspecified atom stereocenters. The molecular formula is C14H21ClN4O2S. The lowest BCUT2D eigenvalue weighted by Gasteiger charge is -2.40. The highest BCUT2D eigenvalue weighted by molar-refractivity contribution is 7.91. The van der Waals surface area contributed by atoms with E-state index in [1.54, 1.807) is 0 Å². The minimum atomic E-state index is -2.80. The van der Waals surface area contributed by atoms with Crippen molar-refractivity contribution in [2.75, 3.05) is 42.6 Å². The maximum absolute atomic E-state index is 11.5. The Labute approximate surface area is 136 Å². The number of anilines is 1. The third kappa shape index (κ3) is 3.70. The van der Waals surface area contributed by atoms with Gasteiger partial charge in [-0.3, -0.25) is 4.90 Å². The van der Waals surface area contributed by atoms with Crippen LogP contribution in [0, 0.1) is 6.92 Å². The minimum absolute atomic E-state index is 0.300. The van der Waals surface area contributed by atoms with Crippen molar-refractivity contribution in [3.05, 3.63) is 17.0 Å². The van der Waals surface area contributed by atoms with Gasteiger partial charge in [-0.2, -0.15) is 0 Å². The quantitative estimate of drug-likeness (QED) is 0.749. The van der Waals surface area contributed by atoms with E-state index in [9.17, 15) is 8.42 Å². The molecule has 0 aromatic carbocycles. The summed E-state index contributed by atoms with van der Waals surface area (Å²) in [6.07, 6.45) is 2.06. The van der Waals surface area contributed by atoms with Crippen LogP contribution in [0.1, 0.15) is 18.7 Å². The number of rotatable bonds is 2. The van der Waals surface area contributed by atoms with Gasteiger partial charge in [0.15, 0.2) is 9.84 Å². The zero-order valence-electron chi connectivity index (χ0n) is 12.7. The number of aryl methyl sites for hydroxylation is 1. The van der Waals surface area contributed by atoms with Crippen molar-refractivity contribution in [3.63, 3.8) is 0 Å². The fourth-order valence-electron chi connectivity index (χ4n) is 3.23. The van der Waals surface area contributed by atoms with Gasteiger partial charge in [0.2, 0.25) is 0 Å². The first-order valence-electron chi connectivity index (χ1n) is 7.63. The largest absolute Gasteiger partial charge is 0.356 e. The first-order valence-corrected chi connectivity index (χ1v) is 9.83. The molecule has 2 saturated heterocycles. The van der Waals surface area contributed by atoms with Gasteiger partial charge in [-0.1, -0.05) is 11.6 Å².